The highest BCUT2D eigenvalue weighted by Crippen LogP contribution is 2.22. The molecular weight excluding hydrogens is 372 g/mol. The number of rotatable bonds is 11. The standard InChI is InChI=1S/C15H22O2.C12H18O/c1-3-4-5-6-7-8-15(16)17-14-11-9-13(2)10-12-14;1-10(9-13)8-11(2)12-6-4-3-5-7-12/h9-12H,3-8H2,1-2H3;3-7,10-11,13H,8-9H2,1-2H3. The van der Waals surface area contributed by atoms with Gasteiger partial charge in [0.25, 0.3) is 0 Å². The summed E-state index contributed by atoms with van der Waals surface area (Å²) in [6, 6.07) is 18.0. The molecule has 2 aromatic carbocycles. The largest absolute Gasteiger partial charge is 0.427 e. The Morgan fingerprint density at radius 1 is 0.933 bits per heavy atom. The number of aryl methyl sites for hydroxylation is 1. The molecule has 0 radical (unpaired) electrons. The first-order chi connectivity index (χ1) is 14.5. The van der Waals surface area contributed by atoms with Crippen molar-refractivity contribution < 1.29 is 14.6 Å². The van der Waals surface area contributed by atoms with Gasteiger partial charge in [-0.1, -0.05) is 94.5 Å². The van der Waals surface area contributed by atoms with Gasteiger partial charge in [0.1, 0.15) is 5.75 Å². The highest BCUT2D eigenvalue weighted by molar-refractivity contribution is 5.72. The molecule has 2 aromatic rings. The lowest BCUT2D eigenvalue weighted by Gasteiger charge is -2.15. The van der Waals surface area contributed by atoms with Crippen molar-refractivity contribution in [2.75, 3.05) is 6.61 Å². The molecule has 30 heavy (non-hydrogen) atoms. The molecule has 0 saturated carbocycles. The quantitative estimate of drug-likeness (QED) is 0.244. The lowest BCUT2D eigenvalue weighted by Crippen LogP contribution is -2.07. The van der Waals surface area contributed by atoms with Crippen molar-refractivity contribution in [3.8, 4) is 5.75 Å². The van der Waals surface area contributed by atoms with E-state index < -0.39 is 0 Å². The van der Waals surface area contributed by atoms with Crippen LogP contribution in [0.2, 0.25) is 0 Å². The van der Waals surface area contributed by atoms with Crippen LogP contribution < -0.4 is 4.74 Å². The summed E-state index contributed by atoms with van der Waals surface area (Å²) in [4.78, 5) is 11.5. The first kappa shape index (κ1) is 25.9. The molecule has 2 atom stereocenters. The van der Waals surface area contributed by atoms with Crippen LogP contribution in [0.3, 0.4) is 0 Å². The zero-order valence-corrected chi connectivity index (χ0v) is 19.3. The second-order valence-electron chi connectivity index (χ2n) is 8.29. The summed E-state index contributed by atoms with van der Waals surface area (Å²) in [6.07, 6.45) is 7.34. The molecule has 2 unspecified atom stereocenters. The number of unbranched alkanes of at least 4 members (excludes halogenated alkanes) is 4. The summed E-state index contributed by atoms with van der Waals surface area (Å²) in [7, 11) is 0. The van der Waals surface area contributed by atoms with Crippen LogP contribution in [0.15, 0.2) is 54.6 Å². The van der Waals surface area contributed by atoms with Crippen LogP contribution >= 0.6 is 0 Å². The molecule has 0 fully saturated rings. The van der Waals surface area contributed by atoms with E-state index in [0.29, 0.717) is 24.0 Å². The molecule has 0 heterocycles. The average molecular weight is 413 g/mol. The van der Waals surface area contributed by atoms with Gasteiger partial charge in [-0.2, -0.15) is 0 Å². The Hall–Kier alpha value is -2.13. The summed E-state index contributed by atoms with van der Waals surface area (Å²) in [5.74, 6) is 1.47. The van der Waals surface area contributed by atoms with Crippen molar-refractivity contribution in [1.82, 2.24) is 0 Å². The molecule has 0 aliphatic carbocycles. The molecule has 0 saturated heterocycles. The van der Waals surface area contributed by atoms with Gasteiger partial charge >= 0.3 is 5.97 Å². The number of hydrogen-bond donors (Lipinski definition) is 1. The first-order valence-electron chi connectivity index (χ1n) is 11.4. The summed E-state index contributed by atoms with van der Waals surface area (Å²) in [6.45, 7) is 8.78. The third-order valence-electron chi connectivity index (χ3n) is 5.17. The van der Waals surface area contributed by atoms with Gasteiger partial charge in [0.2, 0.25) is 0 Å². The van der Waals surface area contributed by atoms with Crippen molar-refractivity contribution in [1.29, 1.82) is 0 Å². The zero-order valence-electron chi connectivity index (χ0n) is 19.3. The number of aliphatic hydroxyl groups is 1. The number of benzene rings is 2. The molecule has 1 N–H and O–H groups in total. The zero-order chi connectivity index (χ0) is 22.2. The monoisotopic (exact) mass is 412 g/mol. The average Bonchev–Trinajstić information content (AvgIpc) is 2.76. The Labute approximate surface area is 183 Å². The molecule has 0 amide bonds. The van der Waals surface area contributed by atoms with Gasteiger partial charge < -0.3 is 9.84 Å². The maximum atomic E-state index is 11.5. The van der Waals surface area contributed by atoms with E-state index in [4.69, 9.17) is 9.84 Å². The summed E-state index contributed by atoms with van der Waals surface area (Å²) in [5, 5.41) is 8.93. The fraction of sp³-hybridized carbons (Fsp3) is 0.519. The Morgan fingerprint density at radius 2 is 1.57 bits per heavy atom. The van der Waals surface area contributed by atoms with E-state index in [1.54, 1.807) is 0 Å². The summed E-state index contributed by atoms with van der Waals surface area (Å²) >= 11 is 0. The number of hydrogen-bond acceptors (Lipinski definition) is 3. The van der Waals surface area contributed by atoms with E-state index in [0.717, 1.165) is 19.3 Å². The van der Waals surface area contributed by atoms with Crippen molar-refractivity contribution in [2.24, 2.45) is 5.92 Å². The molecule has 0 bridgehead atoms. The van der Waals surface area contributed by atoms with Gasteiger partial charge in [-0.25, -0.2) is 0 Å². The van der Waals surface area contributed by atoms with Crippen LogP contribution in [0.5, 0.6) is 5.75 Å². The van der Waals surface area contributed by atoms with Crippen molar-refractivity contribution in [3.05, 3.63) is 65.7 Å². The first-order valence-corrected chi connectivity index (χ1v) is 11.4. The molecule has 0 aromatic heterocycles. The summed E-state index contributed by atoms with van der Waals surface area (Å²) in [5.41, 5.74) is 2.53. The minimum atomic E-state index is -0.120. The minimum Gasteiger partial charge on any atom is -0.427 e. The maximum absolute atomic E-state index is 11.5. The smallest absolute Gasteiger partial charge is 0.311 e. The highest BCUT2D eigenvalue weighted by Gasteiger charge is 2.09. The fourth-order valence-corrected chi connectivity index (χ4v) is 3.26. The fourth-order valence-electron chi connectivity index (χ4n) is 3.26. The van der Waals surface area contributed by atoms with Crippen LogP contribution in [0.4, 0.5) is 0 Å². The molecule has 166 valence electrons. The third kappa shape index (κ3) is 11.8. The van der Waals surface area contributed by atoms with E-state index in [1.165, 1.54) is 30.4 Å². The number of carbonyl (C=O) groups is 1. The Balaban J connectivity index is 0.000000311. The van der Waals surface area contributed by atoms with Crippen molar-refractivity contribution in [2.45, 2.75) is 78.6 Å². The highest BCUT2D eigenvalue weighted by atomic mass is 16.5. The second-order valence-corrected chi connectivity index (χ2v) is 8.29. The minimum absolute atomic E-state index is 0.120. The Bertz CT molecular complexity index is 679. The third-order valence-corrected chi connectivity index (χ3v) is 5.17. The van der Waals surface area contributed by atoms with Gasteiger partial charge in [0, 0.05) is 13.0 Å². The van der Waals surface area contributed by atoms with Gasteiger partial charge in [-0.05, 0) is 49.3 Å². The van der Waals surface area contributed by atoms with Gasteiger partial charge in [-0.15, -0.1) is 0 Å². The van der Waals surface area contributed by atoms with E-state index in [9.17, 15) is 4.79 Å². The van der Waals surface area contributed by atoms with E-state index in [-0.39, 0.29) is 12.6 Å². The molecule has 2 rings (SSSR count). The molecule has 0 aliphatic rings. The topological polar surface area (TPSA) is 46.5 Å². The lowest BCUT2D eigenvalue weighted by atomic mass is 9.92. The lowest BCUT2D eigenvalue weighted by molar-refractivity contribution is -0.134. The van der Waals surface area contributed by atoms with E-state index in [2.05, 4.69) is 45.0 Å². The number of aliphatic hydroxyl groups excluding tert-OH is 1. The summed E-state index contributed by atoms with van der Waals surface area (Å²) < 4.78 is 5.24. The van der Waals surface area contributed by atoms with Crippen LogP contribution in [0.1, 0.15) is 82.8 Å². The Morgan fingerprint density at radius 3 is 2.17 bits per heavy atom. The van der Waals surface area contributed by atoms with Gasteiger partial charge in [-0.3, -0.25) is 4.79 Å². The number of ether oxygens (including phenoxy) is 1. The molecule has 3 heteroatoms. The van der Waals surface area contributed by atoms with Crippen LogP contribution in [0, 0.1) is 12.8 Å². The molecular formula is C27H40O3. The molecule has 0 spiro atoms. The van der Waals surface area contributed by atoms with E-state index >= 15 is 0 Å². The second kappa shape index (κ2) is 15.7. The van der Waals surface area contributed by atoms with Crippen molar-refractivity contribution >= 4 is 5.97 Å². The number of esters is 1. The maximum Gasteiger partial charge on any atom is 0.311 e. The SMILES string of the molecule is CC(CO)CC(C)c1ccccc1.CCCCCCCC(=O)Oc1ccc(C)cc1. The Kier molecular flexibility index (Phi) is 13.5. The molecule has 0 aliphatic heterocycles. The van der Waals surface area contributed by atoms with Gasteiger partial charge in [0.15, 0.2) is 0 Å². The van der Waals surface area contributed by atoms with E-state index in [1.807, 2.05) is 37.3 Å². The van der Waals surface area contributed by atoms with Crippen LogP contribution in [-0.2, 0) is 4.79 Å². The number of carbonyl (C=O) groups excluding carboxylic acids is 1. The predicted molar refractivity (Wildman–Crippen MR) is 126 cm³/mol. The van der Waals surface area contributed by atoms with Crippen LogP contribution in [0.25, 0.3) is 0 Å². The van der Waals surface area contributed by atoms with Crippen molar-refractivity contribution in [3.63, 3.8) is 0 Å². The normalized spacial score (nSPS) is 12.4. The predicted octanol–water partition coefficient (Wildman–Crippen LogP) is 7.07. The van der Waals surface area contributed by atoms with Crippen LogP contribution in [-0.4, -0.2) is 17.7 Å². The molecule has 3 nitrogen and oxygen atoms in total. The van der Waals surface area contributed by atoms with Gasteiger partial charge in [0.05, 0.1) is 0 Å².